The average Bonchev–Trinajstić information content (AvgIpc) is 3.00. The van der Waals surface area contributed by atoms with Gasteiger partial charge in [-0.2, -0.15) is 5.26 Å². The van der Waals surface area contributed by atoms with Crippen molar-refractivity contribution >= 4 is 17.3 Å². The Bertz CT molecular complexity index is 821. The molecule has 1 aliphatic rings. The van der Waals surface area contributed by atoms with Crippen molar-refractivity contribution in [3.05, 3.63) is 63.7 Å². The van der Waals surface area contributed by atoms with E-state index in [9.17, 15) is 15.4 Å². The fourth-order valence-corrected chi connectivity index (χ4v) is 2.14. The Balaban J connectivity index is 1.99. The van der Waals surface area contributed by atoms with Gasteiger partial charge in [-0.15, -0.1) is 0 Å². The maximum Gasteiger partial charge on any atom is 0.270 e. The van der Waals surface area contributed by atoms with Gasteiger partial charge >= 0.3 is 0 Å². The fourth-order valence-electron chi connectivity index (χ4n) is 2.14. The number of hydrogen-bond acceptors (Lipinski definition) is 5. The minimum atomic E-state index is -0.468. The number of non-ortho nitro benzene ring substituents is 1. The molecule has 0 fully saturated rings. The van der Waals surface area contributed by atoms with Gasteiger partial charge in [-0.25, -0.2) is 0 Å². The summed E-state index contributed by atoms with van der Waals surface area (Å²) in [5, 5.41) is 20.1. The molecule has 2 aromatic rings. The van der Waals surface area contributed by atoms with Crippen LogP contribution >= 0.6 is 0 Å². The van der Waals surface area contributed by atoms with Gasteiger partial charge in [0, 0.05) is 12.1 Å². The van der Waals surface area contributed by atoms with E-state index >= 15 is 0 Å². The predicted octanol–water partition coefficient (Wildman–Crippen LogP) is 3.39. The molecule has 0 aromatic heterocycles. The lowest BCUT2D eigenvalue weighted by atomic mass is 10.0. The Kier molecular flexibility index (Phi) is 3.46. The third kappa shape index (κ3) is 2.60. The van der Waals surface area contributed by atoms with Crippen molar-refractivity contribution in [3.63, 3.8) is 0 Å². The third-order valence-electron chi connectivity index (χ3n) is 3.20. The average molecular weight is 294 g/mol. The molecule has 1 heterocycles. The standard InChI is InChI=1S/C16H10N2O4/c17-9-13(6-11-2-1-3-14(7-11)18(19)20)12-4-5-15-16(8-12)22-10-21-15/h1-8H,10H2/b13-6-. The highest BCUT2D eigenvalue weighted by Gasteiger charge is 2.15. The highest BCUT2D eigenvalue weighted by molar-refractivity contribution is 5.90. The summed E-state index contributed by atoms with van der Waals surface area (Å²) in [5.74, 6) is 1.22. The Morgan fingerprint density at radius 1 is 1.23 bits per heavy atom. The van der Waals surface area contributed by atoms with E-state index in [4.69, 9.17) is 9.47 Å². The lowest BCUT2D eigenvalue weighted by Crippen LogP contribution is -1.92. The van der Waals surface area contributed by atoms with E-state index < -0.39 is 4.92 Å². The van der Waals surface area contributed by atoms with Crippen LogP contribution in [0.3, 0.4) is 0 Å². The summed E-state index contributed by atoms with van der Waals surface area (Å²) < 4.78 is 10.5. The first-order valence-corrected chi connectivity index (χ1v) is 6.43. The van der Waals surface area contributed by atoms with Crippen molar-refractivity contribution in [2.24, 2.45) is 0 Å². The summed E-state index contributed by atoms with van der Waals surface area (Å²) >= 11 is 0. The molecule has 1 aliphatic heterocycles. The zero-order chi connectivity index (χ0) is 15.5. The maximum absolute atomic E-state index is 10.8. The van der Waals surface area contributed by atoms with Crippen molar-refractivity contribution in [1.29, 1.82) is 5.26 Å². The number of hydrogen-bond donors (Lipinski definition) is 0. The molecule has 0 bridgehead atoms. The van der Waals surface area contributed by atoms with E-state index in [0.29, 0.717) is 28.2 Å². The van der Waals surface area contributed by atoms with Gasteiger partial charge in [0.05, 0.1) is 16.6 Å². The number of fused-ring (bicyclic) bond motifs is 1. The van der Waals surface area contributed by atoms with Gasteiger partial charge in [-0.3, -0.25) is 10.1 Å². The van der Waals surface area contributed by atoms with Gasteiger partial charge in [-0.05, 0) is 35.4 Å². The molecule has 0 N–H and O–H groups in total. The summed E-state index contributed by atoms with van der Waals surface area (Å²) in [4.78, 5) is 10.3. The summed E-state index contributed by atoms with van der Waals surface area (Å²) in [6.07, 6.45) is 1.60. The van der Waals surface area contributed by atoms with Crippen molar-refractivity contribution in [2.75, 3.05) is 6.79 Å². The topological polar surface area (TPSA) is 85.4 Å². The van der Waals surface area contributed by atoms with Gasteiger partial charge in [-0.1, -0.05) is 12.1 Å². The monoisotopic (exact) mass is 294 g/mol. The van der Waals surface area contributed by atoms with Crippen LogP contribution in [0.2, 0.25) is 0 Å². The van der Waals surface area contributed by atoms with E-state index in [-0.39, 0.29) is 12.5 Å². The van der Waals surface area contributed by atoms with Crippen LogP contribution in [-0.2, 0) is 0 Å². The predicted molar refractivity (Wildman–Crippen MR) is 79.1 cm³/mol. The van der Waals surface area contributed by atoms with Crippen LogP contribution in [0.4, 0.5) is 5.69 Å². The molecule has 0 saturated heterocycles. The maximum atomic E-state index is 10.8. The first-order chi connectivity index (χ1) is 10.7. The highest BCUT2D eigenvalue weighted by Crippen LogP contribution is 2.34. The molecule has 0 saturated carbocycles. The van der Waals surface area contributed by atoms with Gasteiger partial charge in [0.1, 0.15) is 0 Å². The summed E-state index contributed by atoms with van der Waals surface area (Å²) in [6.45, 7) is 0.162. The SMILES string of the molecule is N#C/C(=C/c1cccc([N+](=O)[O-])c1)c1ccc2c(c1)OCO2. The quantitative estimate of drug-likeness (QED) is 0.375. The highest BCUT2D eigenvalue weighted by atomic mass is 16.7. The zero-order valence-corrected chi connectivity index (χ0v) is 11.4. The Morgan fingerprint density at radius 2 is 2.05 bits per heavy atom. The zero-order valence-electron chi connectivity index (χ0n) is 11.4. The lowest BCUT2D eigenvalue weighted by Gasteiger charge is -2.02. The minimum absolute atomic E-state index is 0.0169. The van der Waals surface area contributed by atoms with Crippen LogP contribution in [0, 0.1) is 21.4 Å². The van der Waals surface area contributed by atoms with Crippen LogP contribution in [0.25, 0.3) is 11.6 Å². The molecule has 6 nitrogen and oxygen atoms in total. The number of ether oxygens (including phenoxy) is 2. The van der Waals surface area contributed by atoms with Crippen LogP contribution in [0.1, 0.15) is 11.1 Å². The van der Waals surface area contributed by atoms with Crippen LogP contribution in [0.5, 0.6) is 11.5 Å². The second kappa shape index (κ2) is 5.58. The van der Waals surface area contributed by atoms with Crippen molar-refractivity contribution < 1.29 is 14.4 Å². The van der Waals surface area contributed by atoms with E-state index in [0.717, 1.165) is 0 Å². The molecule has 0 atom stereocenters. The van der Waals surface area contributed by atoms with Gasteiger partial charge in [0.2, 0.25) is 6.79 Å². The summed E-state index contributed by atoms with van der Waals surface area (Å²) in [5.41, 5.74) is 1.62. The molecule has 0 unspecified atom stereocenters. The summed E-state index contributed by atoms with van der Waals surface area (Å²) in [7, 11) is 0. The van der Waals surface area contributed by atoms with Gasteiger partial charge in [0.25, 0.3) is 5.69 Å². The number of nitriles is 1. The Labute approximate surface area is 126 Å². The summed E-state index contributed by atoms with van der Waals surface area (Å²) in [6, 6.07) is 13.4. The molecule has 0 radical (unpaired) electrons. The number of benzene rings is 2. The Morgan fingerprint density at radius 3 is 2.82 bits per heavy atom. The lowest BCUT2D eigenvalue weighted by molar-refractivity contribution is -0.384. The van der Waals surface area contributed by atoms with Crippen LogP contribution in [0.15, 0.2) is 42.5 Å². The molecule has 6 heteroatoms. The number of nitro groups is 1. The number of nitrogens with zero attached hydrogens (tertiary/aromatic N) is 2. The van der Waals surface area contributed by atoms with Crippen molar-refractivity contribution in [3.8, 4) is 17.6 Å². The third-order valence-corrected chi connectivity index (χ3v) is 3.20. The molecule has 3 rings (SSSR count). The van der Waals surface area contributed by atoms with E-state index in [1.54, 1.807) is 36.4 Å². The molecule has 108 valence electrons. The van der Waals surface area contributed by atoms with Crippen molar-refractivity contribution in [1.82, 2.24) is 0 Å². The largest absolute Gasteiger partial charge is 0.454 e. The van der Waals surface area contributed by atoms with E-state index in [2.05, 4.69) is 6.07 Å². The molecule has 2 aromatic carbocycles. The molecule has 0 amide bonds. The normalized spacial score (nSPS) is 12.8. The number of allylic oxidation sites excluding steroid dienone is 1. The Hall–Kier alpha value is -3.33. The van der Waals surface area contributed by atoms with E-state index in [1.165, 1.54) is 12.1 Å². The van der Waals surface area contributed by atoms with Crippen LogP contribution < -0.4 is 9.47 Å². The molecule has 22 heavy (non-hydrogen) atoms. The molecular weight excluding hydrogens is 284 g/mol. The smallest absolute Gasteiger partial charge is 0.270 e. The molecular formula is C16H10N2O4. The van der Waals surface area contributed by atoms with Crippen molar-refractivity contribution in [2.45, 2.75) is 0 Å². The first-order valence-electron chi connectivity index (χ1n) is 6.43. The number of nitro benzene ring substituents is 1. The van der Waals surface area contributed by atoms with E-state index in [1.807, 2.05) is 0 Å². The fraction of sp³-hybridized carbons (Fsp3) is 0.0625. The first kappa shape index (κ1) is 13.6. The van der Waals surface area contributed by atoms with Gasteiger partial charge < -0.3 is 9.47 Å². The van der Waals surface area contributed by atoms with Gasteiger partial charge in [0.15, 0.2) is 11.5 Å². The molecule has 0 spiro atoms. The second-order valence-corrected chi connectivity index (χ2v) is 4.59. The molecule has 0 aliphatic carbocycles. The number of rotatable bonds is 3. The van der Waals surface area contributed by atoms with Crippen LogP contribution in [-0.4, -0.2) is 11.7 Å². The minimum Gasteiger partial charge on any atom is -0.454 e. The second-order valence-electron chi connectivity index (χ2n) is 4.59.